The highest BCUT2D eigenvalue weighted by atomic mass is 16.5. The van der Waals surface area contributed by atoms with Gasteiger partial charge in [-0.2, -0.15) is 0 Å². The molecule has 1 aliphatic heterocycles. The summed E-state index contributed by atoms with van der Waals surface area (Å²) >= 11 is 0. The summed E-state index contributed by atoms with van der Waals surface area (Å²) in [6.45, 7) is 1.22. The fourth-order valence-corrected chi connectivity index (χ4v) is 2.71. The number of carbonyl (C=O) groups is 3. The highest BCUT2D eigenvalue weighted by Gasteiger charge is 2.26. The Labute approximate surface area is 152 Å². The molecule has 0 aliphatic carbocycles. The molecule has 26 heavy (non-hydrogen) atoms. The number of hydrogen-bond donors (Lipinski definition) is 4. The van der Waals surface area contributed by atoms with Crippen molar-refractivity contribution in [1.29, 1.82) is 0 Å². The van der Waals surface area contributed by atoms with Crippen LogP contribution in [0.4, 0.5) is 4.79 Å². The second-order valence-corrected chi connectivity index (χ2v) is 6.18. The fraction of sp³-hybridized carbons (Fsp3) is 0.500. The molecule has 8 heteroatoms. The zero-order chi connectivity index (χ0) is 18.8. The molecule has 2 amide bonds. The standard InChI is InChI=1S/C18H25N3O5/c22-16(14-8-4-10-19-14)21-15(17(23)24)9-5-11-20-18(25)26-12-13-6-2-1-3-7-13/h1-3,6-7,14-15,19H,4-5,8-12H2,(H,20,25)(H,21,22)(H,23,24)/t14-,15?/m1/s1. The zero-order valence-corrected chi connectivity index (χ0v) is 14.6. The fourth-order valence-electron chi connectivity index (χ4n) is 2.71. The van der Waals surface area contributed by atoms with E-state index in [1.165, 1.54) is 0 Å². The molecule has 1 aromatic carbocycles. The number of alkyl carbamates (subject to hydrolysis) is 1. The smallest absolute Gasteiger partial charge is 0.407 e. The van der Waals surface area contributed by atoms with Gasteiger partial charge in [0, 0.05) is 6.54 Å². The van der Waals surface area contributed by atoms with Crippen LogP contribution in [0.2, 0.25) is 0 Å². The van der Waals surface area contributed by atoms with Crippen LogP contribution in [-0.2, 0) is 20.9 Å². The van der Waals surface area contributed by atoms with Crippen molar-refractivity contribution in [3.8, 4) is 0 Å². The van der Waals surface area contributed by atoms with Crippen LogP contribution in [0.25, 0.3) is 0 Å². The van der Waals surface area contributed by atoms with E-state index in [9.17, 15) is 19.5 Å². The summed E-state index contributed by atoms with van der Waals surface area (Å²) in [6.07, 6.45) is 1.71. The second-order valence-electron chi connectivity index (χ2n) is 6.18. The molecule has 2 atom stereocenters. The van der Waals surface area contributed by atoms with E-state index < -0.39 is 18.1 Å². The van der Waals surface area contributed by atoms with Crippen LogP contribution in [-0.4, -0.2) is 48.2 Å². The predicted octanol–water partition coefficient (Wildman–Crippen LogP) is 1.01. The maximum Gasteiger partial charge on any atom is 0.407 e. The number of carbonyl (C=O) groups excluding carboxylic acids is 2. The Bertz CT molecular complexity index is 602. The Kier molecular flexibility index (Phi) is 7.88. The molecule has 1 unspecified atom stereocenters. The number of rotatable bonds is 9. The lowest BCUT2D eigenvalue weighted by Gasteiger charge is -2.17. The average molecular weight is 363 g/mol. The van der Waals surface area contributed by atoms with E-state index in [1.807, 2.05) is 30.3 Å². The number of ether oxygens (including phenoxy) is 1. The number of aliphatic carboxylic acids is 1. The van der Waals surface area contributed by atoms with Gasteiger partial charge in [0.05, 0.1) is 6.04 Å². The van der Waals surface area contributed by atoms with Gasteiger partial charge in [0.2, 0.25) is 5.91 Å². The third-order valence-corrected chi connectivity index (χ3v) is 4.14. The highest BCUT2D eigenvalue weighted by molar-refractivity contribution is 5.87. The Morgan fingerprint density at radius 3 is 2.69 bits per heavy atom. The Balaban J connectivity index is 1.63. The van der Waals surface area contributed by atoms with Crippen LogP contribution in [0.3, 0.4) is 0 Å². The van der Waals surface area contributed by atoms with Crippen LogP contribution in [0.5, 0.6) is 0 Å². The maximum atomic E-state index is 12.0. The van der Waals surface area contributed by atoms with Gasteiger partial charge in [-0.15, -0.1) is 0 Å². The summed E-state index contributed by atoms with van der Waals surface area (Å²) in [5.74, 6) is -1.37. The lowest BCUT2D eigenvalue weighted by molar-refractivity contribution is -0.142. The zero-order valence-electron chi connectivity index (χ0n) is 14.6. The molecule has 0 bridgehead atoms. The maximum absolute atomic E-state index is 12.0. The molecule has 1 fully saturated rings. The first-order chi connectivity index (χ1) is 12.6. The van der Waals surface area contributed by atoms with Crippen molar-refractivity contribution in [3.05, 3.63) is 35.9 Å². The third-order valence-electron chi connectivity index (χ3n) is 4.14. The van der Waals surface area contributed by atoms with Crippen LogP contribution in [0.1, 0.15) is 31.2 Å². The minimum atomic E-state index is -1.08. The van der Waals surface area contributed by atoms with Gasteiger partial charge in [-0.05, 0) is 37.8 Å². The quantitative estimate of drug-likeness (QED) is 0.487. The van der Waals surface area contributed by atoms with Gasteiger partial charge >= 0.3 is 12.1 Å². The number of carboxylic acids is 1. The minimum Gasteiger partial charge on any atom is -0.480 e. The van der Waals surface area contributed by atoms with Crippen molar-refractivity contribution in [2.45, 2.75) is 44.4 Å². The van der Waals surface area contributed by atoms with Gasteiger partial charge in [0.25, 0.3) is 0 Å². The summed E-state index contributed by atoms with van der Waals surface area (Å²) in [5, 5.41) is 17.4. The molecule has 0 saturated carbocycles. The Hall–Kier alpha value is -2.61. The first-order valence-corrected chi connectivity index (χ1v) is 8.77. The number of benzene rings is 1. The van der Waals surface area contributed by atoms with E-state index in [0.717, 1.165) is 18.5 Å². The molecule has 0 spiro atoms. The molecule has 8 nitrogen and oxygen atoms in total. The van der Waals surface area contributed by atoms with E-state index in [2.05, 4.69) is 16.0 Å². The highest BCUT2D eigenvalue weighted by Crippen LogP contribution is 2.06. The molecule has 1 heterocycles. The normalized spacial score (nSPS) is 17.3. The molecular formula is C18H25N3O5. The minimum absolute atomic E-state index is 0.175. The van der Waals surface area contributed by atoms with Crippen molar-refractivity contribution < 1.29 is 24.2 Å². The van der Waals surface area contributed by atoms with Crippen molar-refractivity contribution in [2.75, 3.05) is 13.1 Å². The molecule has 1 aliphatic rings. The summed E-state index contributed by atoms with van der Waals surface area (Å²) < 4.78 is 5.07. The lowest BCUT2D eigenvalue weighted by Crippen LogP contribution is -2.48. The summed E-state index contributed by atoms with van der Waals surface area (Å²) in [5.41, 5.74) is 0.886. The summed E-state index contributed by atoms with van der Waals surface area (Å²) in [6, 6.07) is 8.02. The monoisotopic (exact) mass is 363 g/mol. The van der Waals surface area contributed by atoms with E-state index in [1.54, 1.807) is 0 Å². The van der Waals surface area contributed by atoms with E-state index >= 15 is 0 Å². The number of nitrogens with one attached hydrogen (secondary N) is 3. The van der Waals surface area contributed by atoms with Crippen molar-refractivity contribution in [1.82, 2.24) is 16.0 Å². The average Bonchev–Trinajstić information content (AvgIpc) is 3.18. The van der Waals surface area contributed by atoms with Gasteiger partial charge in [-0.3, -0.25) is 4.79 Å². The van der Waals surface area contributed by atoms with E-state index in [4.69, 9.17) is 4.74 Å². The number of carboxylic acid groups (broad SMARTS) is 1. The number of amides is 2. The lowest BCUT2D eigenvalue weighted by atomic mass is 10.1. The van der Waals surface area contributed by atoms with Crippen LogP contribution in [0.15, 0.2) is 30.3 Å². The van der Waals surface area contributed by atoms with Gasteiger partial charge in [-0.25, -0.2) is 9.59 Å². The van der Waals surface area contributed by atoms with Gasteiger partial charge in [0.1, 0.15) is 12.6 Å². The predicted molar refractivity (Wildman–Crippen MR) is 94.5 cm³/mol. The second kappa shape index (κ2) is 10.4. The SMILES string of the molecule is O=C(NCCCC(NC(=O)[C@H]1CCCN1)C(=O)O)OCc1ccccc1. The van der Waals surface area contributed by atoms with Crippen LogP contribution < -0.4 is 16.0 Å². The Morgan fingerprint density at radius 1 is 1.27 bits per heavy atom. The first kappa shape index (κ1) is 19.7. The molecule has 4 N–H and O–H groups in total. The number of hydrogen-bond acceptors (Lipinski definition) is 5. The molecule has 1 saturated heterocycles. The third kappa shape index (κ3) is 6.72. The topological polar surface area (TPSA) is 117 Å². The van der Waals surface area contributed by atoms with Gasteiger partial charge in [0.15, 0.2) is 0 Å². The summed E-state index contributed by atoms with van der Waals surface area (Å²) in [7, 11) is 0. The van der Waals surface area contributed by atoms with Gasteiger partial charge < -0.3 is 25.8 Å². The van der Waals surface area contributed by atoms with Gasteiger partial charge in [-0.1, -0.05) is 30.3 Å². The van der Waals surface area contributed by atoms with E-state index in [0.29, 0.717) is 12.8 Å². The molecule has 0 radical (unpaired) electrons. The molecular weight excluding hydrogens is 338 g/mol. The van der Waals surface area contributed by atoms with Crippen LogP contribution in [0, 0.1) is 0 Å². The van der Waals surface area contributed by atoms with Crippen molar-refractivity contribution >= 4 is 18.0 Å². The molecule has 0 aromatic heterocycles. The molecule has 1 aromatic rings. The van der Waals surface area contributed by atoms with Crippen molar-refractivity contribution in [3.63, 3.8) is 0 Å². The molecule has 142 valence electrons. The van der Waals surface area contributed by atoms with Crippen LogP contribution >= 0.6 is 0 Å². The first-order valence-electron chi connectivity index (χ1n) is 8.77. The Morgan fingerprint density at radius 2 is 2.04 bits per heavy atom. The van der Waals surface area contributed by atoms with Crippen molar-refractivity contribution in [2.24, 2.45) is 0 Å². The summed E-state index contributed by atoms with van der Waals surface area (Å²) in [4.78, 5) is 34.9. The van der Waals surface area contributed by atoms with E-state index in [-0.39, 0.29) is 31.5 Å². The largest absolute Gasteiger partial charge is 0.480 e. The molecule has 2 rings (SSSR count).